The van der Waals surface area contributed by atoms with Gasteiger partial charge in [-0.15, -0.1) is 0 Å². The van der Waals surface area contributed by atoms with Crippen LogP contribution in [-0.4, -0.2) is 71.4 Å². The molecule has 20 heavy (non-hydrogen) atoms. The molecule has 2 amide bonds. The molecular weight excluding hydrogens is 282 g/mol. The lowest BCUT2D eigenvalue weighted by Gasteiger charge is -2.33. The monoisotopic (exact) mass is 297 g/mol. The smallest absolute Gasteiger partial charge is 0.274 e. The van der Waals surface area contributed by atoms with E-state index in [1.165, 1.54) is 12.4 Å². The Bertz CT molecular complexity index is 502. The van der Waals surface area contributed by atoms with E-state index in [1.54, 1.807) is 11.9 Å². The van der Waals surface area contributed by atoms with Gasteiger partial charge in [0.15, 0.2) is 0 Å². The van der Waals surface area contributed by atoms with Crippen molar-refractivity contribution in [2.24, 2.45) is 0 Å². The number of carbonyl (C=O) groups excluding carboxylic acids is 2. The Labute approximate surface area is 121 Å². The Hall–Kier alpha value is -1.73. The second kappa shape index (κ2) is 6.62. The van der Waals surface area contributed by atoms with Gasteiger partial charge in [-0.05, 0) is 0 Å². The fraction of sp³-hybridized carbons (Fsp3) is 0.500. The van der Waals surface area contributed by atoms with Crippen LogP contribution in [0, 0.1) is 0 Å². The van der Waals surface area contributed by atoms with Crippen LogP contribution >= 0.6 is 11.6 Å². The van der Waals surface area contributed by atoms with Gasteiger partial charge in [0.25, 0.3) is 5.91 Å². The third kappa shape index (κ3) is 3.64. The maximum atomic E-state index is 12.2. The lowest BCUT2D eigenvalue weighted by atomic mass is 10.2. The molecule has 1 fully saturated rings. The molecule has 0 spiro atoms. The summed E-state index contributed by atoms with van der Waals surface area (Å²) in [4.78, 5) is 35.0. The van der Waals surface area contributed by atoms with Crippen molar-refractivity contribution < 1.29 is 9.59 Å². The van der Waals surface area contributed by atoms with Crippen LogP contribution in [0.4, 0.5) is 0 Å². The molecule has 0 saturated carbocycles. The highest BCUT2D eigenvalue weighted by atomic mass is 35.5. The van der Waals surface area contributed by atoms with Crippen molar-refractivity contribution in [1.29, 1.82) is 0 Å². The van der Waals surface area contributed by atoms with Crippen molar-refractivity contribution in [3.63, 3.8) is 0 Å². The van der Waals surface area contributed by atoms with E-state index in [9.17, 15) is 9.59 Å². The van der Waals surface area contributed by atoms with Crippen molar-refractivity contribution in [2.75, 3.05) is 39.8 Å². The van der Waals surface area contributed by atoms with Gasteiger partial charge in [0.2, 0.25) is 5.91 Å². The van der Waals surface area contributed by atoms with Crippen LogP contribution in [0.2, 0.25) is 5.15 Å². The molecule has 0 aromatic carbocycles. The maximum Gasteiger partial charge on any atom is 0.274 e. The first-order chi connectivity index (χ1) is 9.60. The second-order valence-electron chi connectivity index (χ2n) is 4.47. The Morgan fingerprint density at radius 1 is 1.30 bits per heavy atom. The zero-order valence-electron chi connectivity index (χ0n) is 11.2. The molecule has 0 bridgehead atoms. The number of hydrogen-bond donors (Lipinski definition) is 1. The third-order valence-corrected chi connectivity index (χ3v) is 3.31. The molecule has 0 radical (unpaired) electrons. The largest absolute Gasteiger partial charge is 0.358 e. The average Bonchev–Trinajstić information content (AvgIpc) is 2.47. The van der Waals surface area contributed by atoms with Gasteiger partial charge in [-0.3, -0.25) is 19.5 Å². The van der Waals surface area contributed by atoms with Crippen LogP contribution in [0.25, 0.3) is 0 Å². The Balaban J connectivity index is 1.90. The summed E-state index contributed by atoms with van der Waals surface area (Å²) in [6.45, 7) is 2.80. The highest BCUT2D eigenvalue weighted by molar-refractivity contribution is 6.29. The molecule has 1 aliphatic heterocycles. The second-order valence-corrected chi connectivity index (χ2v) is 4.86. The van der Waals surface area contributed by atoms with E-state index >= 15 is 0 Å². The SMILES string of the molecule is CNC(=O)CN1CCN(C(=O)c2cncc(Cl)n2)CC1. The highest BCUT2D eigenvalue weighted by Crippen LogP contribution is 2.08. The van der Waals surface area contributed by atoms with Crippen molar-refractivity contribution in [3.05, 3.63) is 23.2 Å². The first-order valence-corrected chi connectivity index (χ1v) is 6.67. The Morgan fingerprint density at radius 3 is 2.60 bits per heavy atom. The lowest BCUT2D eigenvalue weighted by molar-refractivity contribution is -0.122. The topological polar surface area (TPSA) is 78.4 Å². The predicted octanol–water partition coefficient (Wildman–Crippen LogP) is -0.366. The number of rotatable bonds is 3. The summed E-state index contributed by atoms with van der Waals surface area (Å²) in [6.07, 6.45) is 2.80. The molecule has 0 unspecified atom stereocenters. The number of nitrogens with zero attached hydrogens (tertiary/aromatic N) is 4. The standard InChI is InChI=1S/C12H16ClN5O2/c1-14-11(19)8-17-2-4-18(5-3-17)12(20)9-6-15-7-10(13)16-9/h6-7H,2-5,8H2,1H3,(H,14,19). The zero-order chi connectivity index (χ0) is 14.5. The van der Waals surface area contributed by atoms with Gasteiger partial charge < -0.3 is 10.2 Å². The number of carbonyl (C=O) groups is 2. The number of halogens is 1. The van der Waals surface area contributed by atoms with Crippen LogP contribution < -0.4 is 5.32 Å². The van der Waals surface area contributed by atoms with Crippen molar-refractivity contribution in [2.45, 2.75) is 0 Å². The van der Waals surface area contributed by atoms with Crippen LogP contribution in [0.3, 0.4) is 0 Å². The van der Waals surface area contributed by atoms with E-state index in [0.29, 0.717) is 32.7 Å². The molecule has 1 N–H and O–H groups in total. The Kier molecular flexibility index (Phi) is 4.86. The van der Waals surface area contributed by atoms with E-state index in [-0.39, 0.29) is 22.7 Å². The van der Waals surface area contributed by atoms with Crippen molar-refractivity contribution >= 4 is 23.4 Å². The van der Waals surface area contributed by atoms with Gasteiger partial charge in [0, 0.05) is 33.2 Å². The summed E-state index contributed by atoms with van der Waals surface area (Å²) >= 11 is 5.73. The van der Waals surface area contributed by atoms with Gasteiger partial charge >= 0.3 is 0 Å². The van der Waals surface area contributed by atoms with Crippen LogP contribution in [-0.2, 0) is 4.79 Å². The first kappa shape index (κ1) is 14.7. The number of amides is 2. The molecule has 1 saturated heterocycles. The molecule has 1 aliphatic rings. The van der Waals surface area contributed by atoms with E-state index in [4.69, 9.17) is 11.6 Å². The van der Waals surface area contributed by atoms with Gasteiger partial charge in [0.1, 0.15) is 10.8 Å². The highest BCUT2D eigenvalue weighted by Gasteiger charge is 2.24. The number of likely N-dealkylation sites (N-methyl/N-ethyl adjacent to an activating group) is 1. The molecule has 108 valence electrons. The maximum absolute atomic E-state index is 12.2. The fourth-order valence-corrected chi connectivity index (χ4v) is 2.15. The molecule has 7 nitrogen and oxygen atoms in total. The minimum Gasteiger partial charge on any atom is -0.358 e. The predicted molar refractivity (Wildman–Crippen MR) is 73.5 cm³/mol. The molecule has 8 heteroatoms. The molecule has 0 atom stereocenters. The summed E-state index contributed by atoms with van der Waals surface area (Å²) in [5.41, 5.74) is 0.247. The van der Waals surface area contributed by atoms with Crippen LogP contribution in [0.1, 0.15) is 10.5 Å². The third-order valence-electron chi connectivity index (χ3n) is 3.13. The van der Waals surface area contributed by atoms with E-state index in [1.807, 2.05) is 4.90 Å². The summed E-state index contributed by atoms with van der Waals surface area (Å²) < 4.78 is 0. The van der Waals surface area contributed by atoms with Gasteiger partial charge in [-0.2, -0.15) is 0 Å². The average molecular weight is 298 g/mol. The minimum absolute atomic E-state index is 0.0227. The molecule has 2 heterocycles. The number of hydrogen-bond acceptors (Lipinski definition) is 5. The summed E-state index contributed by atoms with van der Waals surface area (Å²) in [5.74, 6) is -0.204. The number of piperazine rings is 1. The van der Waals surface area contributed by atoms with E-state index in [0.717, 1.165) is 0 Å². The van der Waals surface area contributed by atoms with Gasteiger partial charge in [0.05, 0.1) is 18.9 Å². The van der Waals surface area contributed by atoms with E-state index < -0.39 is 0 Å². The first-order valence-electron chi connectivity index (χ1n) is 6.30. The van der Waals surface area contributed by atoms with Gasteiger partial charge in [-0.1, -0.05) is 11.6 Å². The normalized spacial score (nSPS) is 16.0. The molecule has 1 aromatic rings. The quantitative estimate of drug-likeness (QED) is 0.824. The van der Waals surface area contributed by atoms with Crippen LogP contribution in [0.15, 0.2) is 12.4 Å². The lowest BCUT2D eigenvalue weighted by Crippen LogP contribution is -2.51. The fourth-order valence-electron chi connectivity index (χ4n) is 2.00. The molecule has 1 aromatic heterocycles. The number of nitrogens with one attached hydrogen (secondary N) is 1. The van der Waals surface area contributed by atoms with Crippen molar-refractivity contribution in [1.82, 2.24) is 25.1 Å². The molecule has 0 aliphatic carbocycles. The molecular formula is C12H16ClN5O2. The minimum atomic E-state index is -0.181. The Morgan fingerprint density at radius 2 is 2.00 bits per heavy atom. The number of aromatic nitrogens is 2. The summed E-state index contributed by atoms with van der Waals surface area (Å²) in [7, 11) is 1.61. The zero-order valence-corrected chi connectivity index (χ0v) is 11.9. The van der Waals surface area contributed by atoms with E-state index in [2.05, 4.69) is 15.3 Å². The molecule has 2 rings (SSSR count). The summed E-state index contributed by atoms with van der Waals surface area (Å²) in [6, 6.07) is 0. The van der Waals surface area contributed by atoms with Gasteiger partial charge in [-0.25, -0.2) is 4.98 Å². The summed E-state index contributed by atoms with van der Waals surface area (Å²) in [5, 5.41) is 2.79. The van der Waals surface area contributed by atoms with Crippen molar-refractivity contribution in [3.8, 4) is 0 Å². The van der Waals surface area contributed by atoms with Crippen LogP contribution in [0.5, 0.6) is 0 Å².